The summed E-state index contributed by atoms with van der Waals surface area (Å²) >= 11 is 0. The molecule has 0 saturated carbocycles. The van der Waals surface area contributed by atoms with Crippen molar-refractivity contribution in [3.05, 3.63) is 66.7 Å². The van der Waals surface area contributed by atoms with Gasteiger partial charge in [-0.2, -0.15) is 13.1 Å². The molecule has 4 rings (SSSR count). The molecule has 0 aromatic heterocycles. The zero-order valence-electron chi connectivity index (χ0n) is 17.7. The molecule has 3 aromatic carbocycles. The van der Waals surface area contributed by atoms with Crippen LogP contribution in [-0.2, 0) is 14.8 Å². The number of fused-ring (bicyclic) bond motifs is 1. The van der Waals surface area contributed by atoms with E-state index in [0.29, 0.717) is 0 Å². The van der Waals surface area contributed by atoms with E-state index in [1.54, 1.807) is 41.3 Å². The second-order valence-corrected chi connectivity index (χ2v) is 9.46. The maximum Gasteiger partial charge on any atom is 0.387 e. The highest BCUT2D eigenvalue weighted by atomic mass is 32.2. The SMILES string of the molecule is O=C(CNc1ccccc1OC(F)F)N1CCN(S(=O)(=O)c2ccc3ccccc3c2)CC1. The molecule has 1 N–H and O–H groups in total. The van der Waals surface area contributed by atoms with Gasteiger partial charge in [0.2, 0.25) is 15.9 Å². The van der Waals surface area contributed by atoms with E-state index >= 15 is 0 Å². The molecule has 0 atom stereocenters. The normalized spacial score (nSPS) is 15.1. The Kier molecular flexibility index (Phi) is 6.75. The number of hydrogen-bond acceptors (Lipinski definition) is 5. The fourth-order valence-corrected chi connectivity index (χ4v) is 5.21. The summed E-state index contributed by atoms with van der Waals surface area (Å²) in [5, 5.41) is 4.62. The van der Waals surface area contributed by atoms with Gasteiger partial charge in [0.15, 0.2) is 0 Å². The number of carbonyl (C=O) groups excluding carboxylic acids is 1. The Hall–Kier alpha value is -3.24. The number of amides is 1. The zero-order chi connectivity index (χ0) is 23.4. The third-order valence-electron chi connectivity index (χ3n) is 5.48. The van der Waals surface area contributed by atoms with Crippen LogP contribution in [0.3, 0.4) is 0 Å². The summed E-state index contributed by atoms with van der Waals surface area (Å²) in [7, 11) is -3.68. The van der Waals surface area contributed by atoms with E-state index in [1.165, 1.54) is 10.4 Å². The van der Waals surface area contributed by atoms with E-state index in [1.807, 2.05) is 24.3 Å². The molecule has 1 amide bonds. The summed E-state index contributed by atoms with van der Waals surface area (Å²) < 4.78 is 57.1. The summed E-state index contributed by atoms with van der Waals surface area (Å²) in [6.45, 7) is -2.27. The molecule has 10 heteroatoms. The molecule has 0 radical (unpaired) electrons. The van der Waals surface area contributed by atoms with Gasteiger partial charge in [-0.3, -0.25) is 4.79 Å². The second-order valence-electron chi connectivity index (χ2n) is 7.52. The molecule has 1 aliphatic heterocycles. The number of piperazine rings is 1. The number of nitrogens with one attached hydrogen (secondary N) is 1. The average molecular weight is 476 g/mol. The molecule has 0 unspecified atom stereocenters. The minimum absolute atomic E-state index is 0.0494. The van der Waals surface area contributed by atoms with E-state index in [4.69, 9.17) is 0 Å². The van der Waals surface area contributed by atoms with Crippen LogP contribution in [0.4, 0.5) is 14.5 Å². The molecule has 0 bridgehead atoms. The fraction of sp³-hybridized carbons (Fsp3) is 0.261. The number of para-hydroxylation sites is 2. The maximum atomic E-state index is 13.1. The third-order valence-corrected chi connectivity index (χ3v) is 7.38. The smallest absolute Gasteiger partial charge is 0.387 e. The van der Waals surface area contributed by atoms with Crippen molar-refractivity contribution in [3.63, 3.8) is 0 Å². The van der Waals surface area contributed by atoms with Crippen LogP contribution in [-0.4, -0.2) is 62.9 Å². The summed E-state index contributed by atoms with van der Waals surface area (Å²) in [6.07, 6.45) is 0. The number of sulfonamides is 1. The Morgan fingerprint density at radius 3 is 2.33 bits per heavy atom. The summed E-state index contributed by atoms with van der Waals surface area (Å²) in [5.74, 6) is -0.309. The van der Waals surface area contributed by atoms with Gasteiger partial charge in [0.1, 0.15) is 5.75 Å². The lowest BCUT2D eigenvalue weighted by Crippen LogP contribution is -2.51. The number of rotatable bonds is 7. The van der Waals surface area contributed by atoms with Crippen molar-refractivity contribution in [3.8, 4) is 5.75 Å². The standard InChI is InChI=1S/C23H23F2N3O4S/c24-23(25)32-21-8-4-3-7-20(21)26-16-22(29)27-11-13-28(14-12-27)33(30,31)19-10-9-17-5-1-2-6-18(17)15-19/h1-10,15,23,26H,11-14,16H2. The third kappa shape index (κ3) is 5.23. The van der Waals surface area contributed by atoms with Crippen LogP contribution >= 0.6 is 0 Å². The molecule has 1 heterocycles. The number of nitrogens with zero attached hydrogens (tertiary/aromatic N) is 2. The molecule has 0 aliphatic carbocycles. The van der Waals surface area contributed by atoms with Gasteiger partial charge in [-0.25, -0.2) is 8.42 Å². The largest absolute Gasteiger partial charge is 0.433 e. The first-order valence-corrected chi connectivity index (χ1v) is 11.8. The van der Waals surface area contributed by atoms with E-state index in [9.17, 15) is 22.0 Å². The highest BCUT2D eigenvalue weighted by Crippen LogP contribution is 2.26. The van der Waals surface area contributed by atoms with Crippen molar-refractivity contribution in [1.29, 1.82) is 0 Å². The van der Waals surface area contributed by atoms with E-state index in [0.717, 1.165) is 10.8 Å². The second kappa shape index (κ2) is 9.72. The minimum atomic E-state index is -3.68. The highest BCUT2D eigenvalue weighted by molar-refractivity contribution is 7.89. The Balaban J connectivity index is 1.36. The number of carbonyl (C=O) groups is 1. The van der Waals surface area contributed by atoms with Gasteiger partial charge in [0.05, 0.1) is 17.1 Å². The minimum Gasteiger partial charge on any atom is -0.433 e. The average Bonchev–Trinajstić information content (AvgIpc) is 2.82. The van der Waals surface area contributed by atoms with Crippen LogP contribution in [0.2, 0.25) is 0 Å². The quantitative estimate of drug-likeness (QED) is 0.567. The van der Waals surface area contributed by atoms with Crippen LogP contribution in [0.5, 0.6) is 5.75 Å². The van der Waals surface area contributed by atoms with Crippen LogP contribution in [0.15, 0.2) is 71.6 Å². The molecular formula is C23H23F2N3O4S. The summed E-state index contributed by atoms with van der Waals surface area (Å²) in [5.41, 5.74) is 0.281. The van der Waals surface area contributed by atoms with Crippen molar-refractivity contribution in [2.75, 3.05) is 38.0 Å². The molecule has 33 heavy (non-hydrogen) atoms. The molecule has 3 aromatic rings. The van der Waals surface area contributed by atoms with Gasteiger partial charge < -0.3 is 15.0 Å². The van der Waals surface area contributed by atoms with E-state index < -0.39 is 16.6 Å². The van der Waals surface area contributed by atoms with Gasteiger partial charge in [-0.1, -0.05) is 42.5 Å². The highest BCUT2D eigenvalue weighted by Gasteiger charge is 2.30. The number of halogens is 2. The molecule has 1 saturated heterocycles. The Bertz CT molecular complexity index is 1250. The Labute approximate surface area is 190 Å². The van der Waals surface area contributed by atoms with Gasteiger partial charge in [-0.15, -0.1) is 0 Å². The first-order chi connectivity index (χ1) is 15.8. The Morgan fingerprint density at radius 1 is 0.939 bits per heavy atom. The van der Waals surface area contributed by atoms with Gasteiger partial charge >= 0.3 is 6.61 Å². The van der Waals surface area contributed by atoms with Crippen LogP contribution in [0.1, 0.15) is 0 Å². The van der Waals surface area contributed by atoms with Crippen molar-refractivity contribution >= 4 is 32.4 Å². The van der Waals surface area contributed by atoms with Crippen LogP contribution in [0, 0.1) is 0 Å². The molecule has 1 aliphatic rings. The maximum absolute atomic E-state index is 13.1. The molecule has 174 valence electrons. The molecule has 1 fully saturated rings. The number of anilines is 1. The predicted octanol–water partition coefficient (Wildman–Crippen LogP) is 3.39. The van der Waals surface area contributed by atoms with Gasteiger partial charge in [-0.05, 0) is 35.0 Å². The van der Waals surface area contributed by atoms with Crippen LogP contribution < -0.4 is 10.1 Å². The first kappa shape index (κ1) is 22.9. The number of ether oxygens (including phenoxy) is 1. The topological polar surface area (TPSA) is 79.0 Å². The lowest BCUT2D eigenvalue weighted by molar-refractivity contribution is -0.130. The number of hydrogen-bond donors (Lipinski definition) is 1. The lowest BCUT2D eigenvalue weighted by atomic mass is 10.1. The van der Waals surface area contributed by atoms with E-state index in [2.05, 4.69) is 10.1 Å². The predicted molar refractivity (Wildman–Crippen MR) is 121 cm³/mol. The lowest BCUT2D eigenvalue weighted by Gasteiger charge is -2.34. The Morgan fingerprint density at radius 2 is 1.61 bits per heavy atom. The first-order valence-electron chi connectivity index (χ1n) is 10.4. The molecular weight excluding hydrogens is 452 g/mol. The van der Waals surface area contributed by atoms with Crippen molar-refractivity contribution in [2.24, 2.45) is 0 Å². The van der Waals surface area contributed by atoms with Crippen LogP contribution in [0.25, 0.3) is 10.8 Å². The van der Waals surface area contributed by atoms with Crippen molar-refractivity contribution in [2.45, 2.75) is 11.5 Å². The summed E-state index contributed by atoms with van der Waals surface area (Å²) in [6, 6.07) is 18.7. The monoisotopic (exact) mass is 475 g/mol. The van der Waals surface area contributed by atoms with Crippen molar-refractivity contribution in [1.82, 2.24) is 9.21 Å². The van der Waals surface area contributed by atoms with Gasteiger partial charge in [0, 0.05) is 26.2 Å². The van der Waals surface area contributed by atoms with Gasteiger partial charge in [0.25, 0.3) is 0 Å². The fourth-order valence-electron chi connectivity index (χ4n) is 3.75. The van der Waals surface area contributed by atoms with Crippen molar-refractivity contribution < 1.29 is 26.7 Å². The van der Waals surface area contributed by atoms with E-state index in [-0.39, 0.29) is 55.0 Å². The summed E-state index contributed by atoms with van der Waals surface area (Å²) in [4.78, 5) is 14.4. The number of alkyl halides is 2. The molecule has 0 spiro atoms. The zero-order valence-corrected chi connectivity index (χ0v) is 18.5. The number of benzene rings is 3. The molecule has 7 nitrogen and oxygen atoms in total.